The van der Waals surface area contributed by atoms with E-state index in [1.807, 2.05) is 12.1 Å². The molecule has 8 heteroatoms. The number of benzene rings is 1. The summed E-state index contributed by atoms with van der Waals surface area (Å²) in [6.45, 7) is 3.18. The van der Waals surface area contributed by atoms with Gasteiger partial charge >= 0.3 is 0 Å². The lowest BCUT2D eigenvalue weighted by Gasteiger charge is -2.46. The zero-order chi connectivity index (χ0) is 22.1. The number of Topliss-reactive ketones (excluding diaryl/α,β-unsaturated/α-hetero) is 1. The Bertz CT molecular complexity index is 890. The van der Waals surface area contributed by atoms with E-state index in [2.05, 4.69) is 32.1 Å². The average molecular weight is 458 g/mol. The second-order valence-electron chi connectivity index (χ2n) is 9.62. The van der Waals surface area contributed by atoms with Crippen molar-refractivity contribution in [3.8, 4) is 0 Å². The fourth-order valence-electron chi connectivity index (χ4n) is 5.15. The number of ketones is 1. The molecule has 32 heavy (non-hydrogen) atoms. The number of carbonyl (C=O) groups excluding carboxylic acids is 1. The van der Waals surface area contributed by atoms with E-state index in [0.717, 1.165) is 43.2 Å². The summed E-state index contributed by atoms with van der Waals surface area (Å²) in [7, 11) is 0. The van der Waals surface area contributed by atoms with Gasteiger partial charge in [0.1, 0.15) is 17.8 Å². The van der Waals surface area contributed by atoms with E-state index in [9.17, 15) is 4.79 Å². The van der Waals surface area contributed by atoms with Gasteiger partial charge in [0.25, 0.3) is 0 Å². The van der Waals surface area contributed by atoms with E-state index in [4.69, 9.17) is 22.1 Å². The van der Waals surface area contributed by atoms with Crippen molar-refractivity contribution in [3.63, 3.8) is 0 Å². The molecule has 4 aliphatic rings. The number of morpholine rings is 1. The van der Waals surface area contributed by atoms with Crippen LogP contribution in [0.25, 0.3) is 0 Å². The number of piperidine rings is 1. The van der Waals surface area contributed by atoms with E-state index in [1.165, 1.54) is 18.4 Å². The SMILES string of the molecule is NC1=NN=C(N2CCC(N3C[C@H](C(=O)CC4CC4)OC[C@@H]3Cc3ccc(Cl)cc3)CC2)C1. The lowest BCUT2D eigenvalue weighted by atomic mass is 9.95. The Morgan fingerprint density at radius 1 is 1.12 bits per heavy atom. The number of hydrogen-bond donors (Lipinski definition) is 1. The van der Waals surface area contributed by atoms with Crippen LogP contribution in [0.5, 0.6) is 0 Å². The molecule has 1 aromatic carbocycles. The van der Waals surface area contributed by atoms with Gasteiger partial charge in [-0.15, -0.1) is 10.2 Å². The van der Waals surface area contributed by atoms with Crippen LogP contribution < -0.4 is 5.73 Å². The lowest BCUT2D eigenvalue weighted by molar-refractivity contribution is -0.143. The first-order chi connectivity index (χ1) is 15.5. The molecule has 2 saturated heterocycles. The number of likely N-dealkylation sites (tertiary alicyclic amines) is 1. The molecule has 0 spiro atoms. The molecule has 0 bridgehead atoms. The van der Waals surface area contributed by atoms with Crippen LogP contribution in [0.15, 0.2) is 34.5 Å². The Morgan fingerprint density at radius 2 is 1.88 bits per heavy atom. The van der Waals surface area contributed by atoms with Gasteiger partial charge in [-0.1, -0.05) is 23.7 Å². The molecule has 3 aliphatic heterocycles. The molecular formula is C24H32ClN5O2. The van der Waals surface area contributed by atoms with Crippen LogP contribution in [-0.2, 0) is 16.0 Å². The van der Waals surface area contributed by atoms with Gasteiger partial charge in [-0.2, -0.15) is 0 Å². The summed E-state index contributed by atoms with van der Waals surface area (Å²) in [6.07, 6.45) is 6.41. The Kier molecular flexibility index (Phi) is 6.49. The van der Waals surface area contributed by atoms with Crippen LogP contribution in [0.1, 0.15) is 44.1 Å². The van der Waals surface area contributed by atoms with E-state index in [-0.39, 0.29) is 17.9 Å². The zero-order valence-corrected chi connectivity index (χ0v) is 19.2. The summed E-state index contributed by atoms with van der Waals surface area (Å²) < 4.78 is 6.14. The van der Waals surface area contributed by atoms with Gasteiger partial charge in [0.2, 0.25) is 0 Å². The normalized spacial score (nSPS) is 27.3. The molecule has 1 aromatic rings. The fourth-order valence-corrected chi connectivity index (χ4v) is 5.28. The second-order valence-corrected chi connectivity index (χ2v) is 10.1. The molecule has 3 fully saturated rings. The van der Waals surface area contributed by atoms with Crippen LogP contribution in [0.3, 0.4) is 0 Å². The first-order valence-electron chi connectivity index (χ1n) is 11.8. The minimum atomic E-state index is -0.289. The van der Waals surface area contributed by atoms with Crippen molar-refractivity contribution < 1.29 is 9.53 Å². The number of nitrogens with zero attached hydrogens (tertiary/aromatic N) is 4. The highest BCUT2D eigenvalue weighted by atomic mass is 35.5. The molecule has 2 N–H and O–H groups in total. The maximum absolute atomic E-state index is 12.8. The molecule has 0 amide bonds. The predicted octanol–water partition coefficient (Wildman–Crippen LogP) is 2.86. The number of halogens is 1. The highest BCUT2D eigenvalue weighted by Gasteiger charge is 2.39. The zero-order valence-electron chi connectivity index (χ0n) is 18.5. The predicted molar refractivity (Wildman–Crippen MR) is 126 cm³/mol. The van der Waals surface area contributed by atoms with Crippen LogP contribution in [0.4, 0.5) is 0 Å². The molecule has 3 heterocycles. The average Bonchev–Trinajstić information content (AvgIpc) is 3.52. The summed E-state index contributed by atoms with van der Waals surface area (Å²) in [4.78, 5) is 17.7. The first kappa shape index (κ1) is 21.9. The van der Waals surface area contributed by atoms with Crippen molar-refractivity contribution in [2.24, 2.45) is 21.9 Å². The number of ether oxygens (including phenoxy) is 1. The Hall–Kier alpha value is -1.96. The molecule has 0 unspecified atom stereocenters. The van der Waals surface area contributed by atoms with E-state index >= 15 is 0 Å². The molecular weight excluding hydrogens is 426 g/mol. The highest BCUT2D eigenvalue weighted by molar-refractivity contribution is 6.30. The molecule has 0 radical (unpaired) electrons. The summed E-state index contributed by atoms with van der Waals surface area (Å²) in [5.41, 5.74) is 7.06. The van der Waals surface area contributed by atoms with Gasteiger partial charge in [-0.05, 0) is 55.7 Å². The lowest BCUT2D eigenvalue weighted by Crippen LogP contribution is -2.58. The van der Waals surface area contributed by atoms with Gasteiger partial charge in [-0.25, -0.2) is 0 Å². The van der Waals surface area contributed by atoms with Crippen molar-refractivity contribution in [3.05, 3.63) is 34.9 Å². The summed E-state index contributed by atoms with van der Waals surface area (Å²) in [5.74, 6) is 2.46. The number of amidine groups is 2. The van der Waals surface area contributed by atoms with Gasteiger partial charge in [0.15, 0.2) is 5.78 Å². The number of nitrogens with two attached hydrogens (primary N) is 1. The number of hydrogen-bond acceptors (Lipinski definition) is 7. The molecule has 1 aliphatic carbocycles. The minimum Gasteiger partial charge on any atom is -0.385 e. The van der Waals surface area contributed by atoms with Gasteiger partial charge in [-0.3, -0.25) is 9.69 Å². The molecule has 1 saturated carbocycles. The minimum absolute atomic E-state index is 0.264. The number of rotatable bonds is 6. The third-order valence-corrected chi connectivity index (χ3v) is 7.45. The standard InChI is InChI=1S/C24H32ClN5O2/c25-18-5-3-16(4-6-18)11-20-15-32-22(21(31)12-17-1-2-17)14-30(20)19-7-9-29(10-8-19)24-13-23(26)27-28-24/h3-6,17,19-20,22H,1-2,7-15H2,(H2,26,27)/t20-,22+/m0/s1. The second kappa shape index (κ2) is 9.49. The Balaban J connectivity index is 1.25. The maximum Gasteiger partial charge on any atom is 0.163 e. The van der Waals surface area contributed by atoms with Crippen LogP contribution >= 0.6 is 11.6 Å². The van der Waals surface area contributed by atoms with E-state index in [0.29, 0.717) is 43.8 Å². The first-order valence-corrected chi connectivity index (χ1v) is 12.2. The highest BCUT2D eigenvalue weighted by Crippen LogP contribution is 2.34. The van der Waals surface area contributed by atoms with Crippen LogP contribution in [0.2, 0.25) is 5.02 Å². The molecule has 7 nitrogen and oxygen atoms in total. The molecule has 0 aromatic heterocycles. The molecule has 5 rings (SSSR count). The van der Waals surface area contributed by atoms with Gasteiger partial charge in [0, 0.05) is 43.2 Å². The van der Waals surface area contributed by atoms with E-state index in [1.54, 1.807) is 0 Å². The van der Waals surface area contributed by atoms with Crippen LogP contribution in [0, 0.1) is 5.92 Å². The van der Waals surface area contributed by atoms with Gasteiger partial charge in [0.05, 0.1) is 13.0 Å². The smallest absolute Gasteiger partial charge is 0.163 e. The van der Waals surface area contributed by atoms with Crippen molar-refractivity contribution in [2.75, 3.05) is 26.2 Å². The topological polar surface area (TPSA) is 83.5 Å². The van der Waals surface area contributed by atoms with Crippen molar-refractivity contribution >= 4 is 29.1 Å². The van der Waals surface area contributed by atoms with Crippen molar-refractivity contribution in [1.29, 1.82) is 0 Å². The molecule has 2 atom stereocenters. The summed E-state index contributed by atoms with van der Waals surface area (Å²) >= 11 is 6.08. The Labute approximate surface area is 194 Å². The summed E-state index contributed by atoms with van der Waals surface area (Å²) in [6, 6.07) is 8.78. The third kappa shape index (κ3) is 5.16. The maximum atomic E-state index is 12.8. The largest absolute Gasteiger partial charge is 0.385 e. The monoisotopic (exact) mass is 457 g/mol. The Morgan fingerprint density at radius 3 is 2.53 bits per heavy atom. The quantitative estimate of drug-likeness (QED) is 0.710. The third-order valence-electron chi connectivity index (χ3n) is 7.20. The van der Waals surface area contributed by atoms with Crippen molar-refractivity contribution in [2.45, 2.75) is 63.1 Å². The summed E-state index contributed by atoms with van der Waals surface area (Å²) in [5, 5.41) is 8.99. The number of carbonyl (C=O) groups is 1. The van der Waals surface area contributed by atoms with Crippen molar-refractivity contribution in [1.82, 2.24) is 9.80 Å². The van der Waals surface area contributed by atoms with Gasteiger partial charge < -0.3 is 15.4 Å². The van der Waals surface area contributed by atoms with E-state index < -0.39 is 0 Å². The fraction of sp³-hybridized carbons (Fsp3) is 0.625. The molecule has 172 valence electrons. The van der Waals surface area contributed by atoms with Crippen LogP contribution in [-0.4, -0.2) is 71.7 Å².